The number of carbonyl (C=O) groups excluding carboxylic acids is 1. The number of aryl methyl sites for hydroxylation is 1. The number of rotatable bonds is 5. The van der Waals surface area contributed by atoms with E-state index in [0.29, 0.717) is 17.8 Å². The van der Waals surface area contributed by atoms with Crippen LogP contribution in [0.4, 0.5) is 0 Å². The topological polar surface area (TPSA) is 75.5 Å². The van der Waals surface area contributed by atoms with Crippen molar-refractivity contribution >= 4 is 38.5 Å². The van der Waals surface area contributed by atoms with Crippen molar-refractivity contribution in [2.45, 2.75) is 45.3 Å². The standard InChI is InChI=1S/C25H25N3O3S/c1-15-6-5-9-17(12-15)31-13-20-18-10-11-19(25(30)28(2)16-7-3-4-8-16)22(29)21(18)27-24-23(20)32-14-26-24/h5-6,9-12,14,16,29H,3-4,7-8,13H2,1-2H3. The predicted octanol–water partition coefficient (Wildman–Crippen LogP) is 5.45. The second-order valence-electron chi connectivity index (χ2n) is 8.41. The number of benzene rings is 2. The van der Waals surface area contributed by atoms with E-state index in [4.69, 9.17) is 4.74 Å². The number of hydrogen-bond acceptors (Lipinski definition) is 6. The summed E-state index contributed by atoms with van der Waals surface area (Å²) in [7, 11) is 1.82. The lowest BCUT2D eigenvalue weighted by Crippen LogP contribution is -2.35. The zero-order chi connectivity index (χ0) is 22.2. The maximum Gasteiger partial charge on any atom is 0.257 e. The molecule has 6 nitrogen and oxygen atoms in total. The first-order valence-corrected chi connectivity index (χ1v) is 11.8. The molecule has 1 aliphatic carbocycles. The van der Waals surface area contributed by atoms with E-state index in [0.717, 1.165) is 52.6 Å². The Bertz CT molecular complexity index is 1310. The van der Waals surface area contributed by atoms with E-state index < -0.39 is 0 Å². The van der Waals surface area contributed by atoms with Gasteiger partial charge in [-0.3, -0.25) is 4.79 Å². The van der Waals surface area contributed by atoms with Crippen molar-refractivity contribution in [2.24, 2.45) is 0 Å². The fourth-order valence-corrected chi connectivity index (χ4v) is 5.29. The van der Waals surface area contributed by atoms with Crippen molar-refractivity contribution < 1.29 is 14.6 Å². The lowest BCUT2D eigenvalue weighted by molar-refractivity contribution is 0.0732. The largest absolute Gasteiger partial charge is 0.505 e. The molecule has 5 rings (SSSR count). The molecular weight excluding hydrogens is 422 g/mol. The summed E-state index contributed by atoms with van der Waals surface area (Å²) in [6.07, 6.45) is 4.29. The minimum absolute atomic E-state index is 0.0935. The first-order valence-electron chi connectivity index (χ1n) is 10.9. The van der Waals surface area contributed by atoms with E-state index >= 15 is 0 Å². The number of amides is 1. The van der Waals surface area contributed by atoms with Crippen LogP contribution in [0.25, 0.3) is 21.3 Å². The second kappa shape index (κ2) is 8.39. The molecule has 2 heterocycles. The van der Waals surface area contributed by atoms with Crippen LogP contribution in [-0.2, 0) is 6.61 Å². The van der Waals surface area contributed by atoms with Crippen molar-refractivity contribution in [2.75, 3.05) is 7.05 Å². The van der Waals surface area contributed by atoms with Crippen molar-refractivity contribution in [3.63, 3.8) is 0 Å². The van der Waals surface area contributed by atoms with Gasteiger partial charge >= 0.3 is 0 Å². The fraction of sp³-hybridized carbons (Fsp3) is 0.320. The number of thiazole rings is 1. The van der Waals surface area contributed by atoms with Crippen molar-refractivity contribution in [1.29, 1.82) is 0 Å². The molecule has 0 spiro atoms. The van der Waals surface area contributed by atoms with Gasteiger partial charge in [0.05, 0.1) is 15.8 Å². The number of fused-ring (bicyclic) bond motifs is 2. The van der Waals surface area contributed by atoms with Gasteiger partial charge in [0.15, 0.2) is 11.4 Å². The van der Waals surface area contributed by atoms with E-state index in [2.05, 4.69) is 9.97 Å². The molecule has 0 bridgehead atoms. The van der Waals surface area contributed by atoms with Crippen LogP contribution in [0.3, 0.4) is 0 Å². The summed E-state index contributed by atoms with van der Waals surface area (Å²) in [6.45, 7) is 2.34. The highest BCUT2D eigenvalue weighted by Crippen LogP contribution is 2.36. The first-order chi connectivity index (χ1) is 15.5. The average Bonchev–Trinajstić information content (AvgIpc) is 3.48. The molecular formula is C25H25N3O3S. The number of hydrogen-bond donors (Lipinski definition) is 1. The number of ether oxygens (including phenoxy) is 1. The van der Waals surface area contributed by atoms with E-state index in [1.807, 2.05) is 44.3 Å². The van der Waals surface area contributed by atoms with Gasteiger partial charge in [-0.2, -0.15) is 0 Å². The molecule has 1 N–H and O–H groups in total. The van der Waals surface area contributed by atoms with Crippen LogP contribution < -0.4 is 4.74 Å². The molecule has 2 aromatic heterocycles. The monoisotopic (exact) mass is 447 g/mol. The van der Waals surface area contributed by atoms with Gasteiger partial charge < -0.3 is 14.7 Å². The van der Waals surface area contributed by atoms with E-state index in [-0.39, 0.29) is 23.3 Å². The van der Waals surface area contributed by atoms with Crippen molar-refractivity contribution in [1.82, 2.24) is 14.9 Å². The Morgan fingerprint density at radius 2 is 2.06 bits per heavy atom. The number of phenols is 1. The highest BCUT2D eigenvalue weighted by molar-refractivity contribution is 7.17. The maximum atomic E-state index is 13.1. The molecule has 0 unspecified atom stereocenters. The molecule has 7 heteroatoms. The molecule has 0 saturated heterocycles. The van der Waals surface area contributed by atoms with Crippen molar-refractivity contribution in [3.05, 3.63) is 58.6 Å². The average molecular weight is 448 g/mol. The van der Waals surface area contributed by atoms with Gasteiger partial charge in [0.1, 0.15) is 17.9 Å². The SMILES string of the molecule is Cc1cccc(OCc2c3ccc(C(=O)N(C)C4CCCC4)c(O)c3nc3ncsc23)c1. The van der Waals surface area contributed by atoms with Gasteiger partial charge in [-0.05, 0) is 43.5 Å². The van der Waals surface area contributed by atoms with E-state index in [1.54, 1.807) is 16.5 Å². The number of carbonyl (C=O) groups is 1. The number of nitrogens with zero attached hydrogens (tertiary/aromatic N) is 3. The Balaban J connectivity index is 1.55. The third-order valence-corrected chi connectivity index (χ3v) is 7.19. The minimum Gasteiger partial charge on any atom is -0.505 e. The summed E-state index contributed by atoms with van der Waals surface area (Å²) in [5.41, 5.74) is 4.99. The predicted molar refractivity (Wildman–Crippen MR) is 126 cm³/mol. The van der Waals surface area contributed by atoms with Crippen LogP contribution >= 0.6 is 11.3 Å². The normalized spacial score (nSPS) is 14.3. The molecule has 2 aromatic carbocycles. The molecule has 4 aromatic rings. The van der Waals surface area contributed by atoms with Crippen LogP contribution in [-0.4, -0.2) is 39.0 Å². The molecule has 164 valence electrons. The Labute approximate surface area is 190 Å². The highest BCUT2D eigenvalue weighted by Gasteiger charge is 2.27. The minimum atomic E-state index is -0.172. The van der Waals surface area contributed by atoms with Crippen molar-refractivity contribution in [3.8, 4) is 11.5 Å². The smallest absolute Gasteiger partial charge is 0.257 e. The summed E-state index contributed by atoms with van der Waals surface area (Å²) < 4.78 is 7.00. The van der Waals surface area contributed by atoms with Crippen LogP contribution in [0.1, 0.15) is 47.2 Å². The molecule has 0 radical (unpaired) electrons. The third-order valence-electron chi connectivity index (χ3n) is 6.31. The summed E-state index contributed by atoms with van der Waals surface area (Å²) in [5.74, 6) is 0.514. The number of pyridine rings is 1. The maximum absolute atomic E-state index is 13.1. The first kappa shape index (κ1) is 20.7. The quantitative estimate of drug-likeness (QED) is 0.440. The van der Waals surface area contributed by atoms with Crippen LogP contribution in [0, 0.1) is 6.92 Å². The fourth-order valence-electron chi connectivity index (χ4n) is 4.51. The molecule has 1 saturated carbocycles. The van der Waals surface area contributed by atoms with Crippen LogP contribution in [0.15, 0.2) is 41.9 Å². The molecule has 0 atom stereocenters. The van der Waals surface area contributed by atoms with Gasteiger partial charge in [-0.25, -0.2) is 9.97 Å². The number of aromatic hydroxyl groups is 1. The highest BCUT2D eigenvalue weighted by atomic mass is 32.1. The van der Waals surface area contributed by atoms with Gasteiger partial charge in [-0.1, -0.05) is 31.0 Å². The van der Waals surface area contributed by atoms with Gasteiger partial charge in [0.25, 0.3) is 5.91 Å². The second-order valence-corrected chi connectivity index (χ2v) is 9.27. The molecule has 0 aliphatic heterocycles. The van der Waals surface area contributed by atoms with Crippen LogP contribution in [0.5, 0.6) is 11.5 Å². The van der Waals surface area contributed by atoms with E-state index in [9.17, 15) is 9.90 Å². The lowest BCUT2D eigenvalue weighted by atomic mass is 10.0. The molecule has 1 aliphatic rings. The Hall–Kier alpha value is -3.19. The summed E-state index contributed by atoms with van der Waals surface area (Å²) in [4.78, 5) is 23.8. The zero-order valence-corrected chi connectivity index (χ0v) is 19.0. The molecule has 32 heavy (non-hydrogen) atoms. The lowest BCUT2D eigenvalue weighted by Gasteiger charge is -2.25. The Morgan fingerprint density at radius 3 is 2.84 bits per heavy atom. The Kier molecular flexibility index (Phi) is 5.43. The summed E-state index contributed by atoms with van der Waals surface area (Å²) in [5, 5.41) is 11.8. The van der Waals surface area contributed by atoms with E-state index in [1.165, 1.54) is 11.3 Å². The van der Waals surface area contributed by atoms with Gasteiger partial charge in [0, 0.05) is 24.0 Å². The number of aromatic nitrogens is 2. The summed E-state index contributed by atoms with van der Waals surface area (Å²) in [6, 6.07) is 11.7. The van der Waals surface area contributed by atoms with Crippen LogP contribution in [0.2, 0.25) is 0 Å². The third kappa shape index (κ3) is 3.66. The van der Waals surface area contributed by atoms with Gasteiger partial charge in [0.2, 0.25) is 0 Å². The molecule has 1 fully saturated rings. The Morgan fingerprint density at radius 1 is 1.25 bits per heavy atom. The zero-order valence-electron chi connectivity index (χ0n) is 18.2. The molecule has 1 amide bonds. The van der Waals surface area contributed by atoms with Gasteiger partial charge in [-0.15, -0.1) is 11.3 Å². The summed E-state index contributed by atoms with van der Waals surface area (Å²) >= 11 is 1.49. The number of phenolic OH excluding ortho intramolecular Hbond substituents is 1.